The summed E-state index contributed by atoms with van der Waals surface area (Å²) in [6.45, 7) is 7.42. The summed E-state index contributed by atoms with van der Waals surface area (Å²) in [5, 5.41) is 0. The lowest BCUT2D eigenvalue weighted by atomic mass is 10.0. The number of rotatable bonds is 6. The monoisotopic (exact) mass is 323 g/mol. The summed E-state index contributed by atoms with van der Waals surface area (Å²) in [5.74, 6) is -0.223. The second-order valence-corrected chi connectivity index (χ2v) is 5.51. The highest BCUT2D eigenvalue weighted by Crippen LogP contribution is 2.21. The fourth-order valence-electron chi connectivity index (χ4n) is 2.44. The minimum Gasteiger partial charge on any atom is -1.00 e. The lowest BCUT2D eigenvalue weighted by Crippen LogP contribution is -3.00. The van der Waals surface area contributed by atoms with Crippen molar-refractivity contribution in [3.63, 3.8) is 0 Å². The molecular weight excluding hydrogens is 294 g/mol. The Hall–Kier alpha value is -0.360. The fourth-order valence-corrected chi connectivity index (χ4v) is 2.44. The summed E-state index contributed by atoms with van der Waals surface area (Å²) in [6.07, 6.45) is 3.98. The van der Waals surface area contributed by atoms with Gasteiger partial charge in [-0.1, -0.05) is 13.8 Å². The van der Waals surface area contributed by atoms with Crippen molar-refractivity contribution in [2.75, 3.05) is 13.2 Å². The molecule has 4 atom stereocenters. The molecule has 0 saturated carbocycles. The minimum absolute atomic E-state index is 0. The molecule has 0 aromatic carbocycles. The summed E-state index contributed by atoms with van der Waals surface area (Å²) in [6, 6.07) is -0.283. The summed E-state index contributed by atoms with van der Waals surface area (Å²) in [5.41, 5.74) is 3.87. The first-order chi connectivity index (χ1) is 9.60. The van der Waals surface area contributed by atoms with Crippen LogP contribution in [-0.2, 0) is 19.0 Å². The van der Waals surface area contributed by atoms with Crippen molar-refractivity contribution >= 4 is 5.97 Å². The summed E-state index contributed by atoms with van der Waals surface area (Å²) >= 11 is 0. The highest BCUT2D eigenvalue weighted by Gasteiger charge is 2.34. The van der Waals surface area contributed by atoms with E-state index in [-0.39, 0.29) is 42.7 Å². The molecule has 5 nitrogen and oxygen atoms in total. The average Bonchev–Trinajstić information content (AvgIpc) is 2.47. The van der Waals surface area contributed by atoms with Gasteiger partial charge in [0.2, 0.25) is 0 Å². The van der Waals surface area contributed by atoms with Gasteiger partial charge in [0.15, 0.2) is 6.04 Å². The second kappa shape index (κ2) is 11.2. The number of cyclic esters (lactones) is 1. The Morgan fingerprint density at radius 1 is 1.19 bits per heavy atom. The molecule has 6 heteroatoms. The number of hydrogen-bond acceptors (Lipinski definition) is 4. The van der Waals surface area contributed by atoms with E-state index >= 15 is 0 Å². The highest BCUT2D eigenvalue weighted by molar-refractivity contribution is 5.74. The molecule has 0 aromatic heterocycles. The van der Waals surface area contributed by atoms with Crippen LogP contribution in [0, 0.1) is 0 Å². The number of esters is 1. The predicted molar refractivity (Wildman–Crippen MR) is 76.1 cm³/mol. The fraction of sp³-hybridized carbons (Fsp3) is 0.933. The molecule has 0 radical (unpaired) electrons. The third-order valence-corrected chi connectivity index (χ3v) is 3.56. The van der Waals surface area contributed by atoms with E-state index in [2.05, 4.69) is 19.6 Å². The maximum atomic E-state index is 11.9. The van der Waals surface area contributed by atoms with Gasteiger partial charge in [0.1, 0.15) is 12.2 Å². The molecule has 0 amide bonds. The van der Waals surface area contributed by atoms with Crippen LogP contribution in [0.2, 0.25) is 0 Å². The number of carbonyl (C=O) groups excluding carboxylic acids is 1. The molecule has 0 spiro atoms. The lowest BCUT2D eigenvalue weighted by molar-refractivity contribution is -0.410. The van der Waals surface area contributed by atoms with E-state index in [0.717, 1.165) is 32.1 Å². The van der Waals surface area contributed by atoms with Crippen molar-refractivity contribution in [3.8, 4) is 0 Å². The minimum atomic E-state index is -0.293. The zero-order valence-electron chi connectivity index (χ0n) is 13.5. The SMILES string of the molecule is CCCO[C@H]1[C@H](C)OC(=O)[C@@H]([NH3+])CCC[C@@H]1OCCC.[Cl-]. The van der Waals surface area contributed by atoms with E-state index < -0.39 is 0 Å². The van der Waals surface area contributed by atoms with Gasteiger partial charge < -0.3 is 32.4 Å². The van der Waals surface area contributed by atoms with E-state index in [4.69, 9.17) is 14.2 Å². The highest BCUT2D eigenvalue weighted by atomic mass is 35.5. The zero-order chi connectivity index (χ0) is 15.0. The van der Waals surface area contributed by atoms with E-state index in [0.29, 0.717) is 13.2 Å². The second-order valence-electron chi connectivity index (χ2n) is 5.51. The summed E-state index contributed by atoms with van der Waals surface area (Å²) in [4.78, 5) is 11.9. The molecule has 1 saturated heterocycles. The Balaban J connectivity index is 0.00000400. The van der Waals surface area contributed by atoms with Gasteiger partial charge in [0.05, 0.1) is 6.10 Å². The molecule has 1 aliphatic heterocycles. The van der Waals surface area contributed by atoms with Gasteiger partial charge in [-0.05, 0) is 32.6 Å². The van der Waals surface area contributed by atoms with Gasteiger partial charge in [-0.2, -0.15) is 0 Å². The Morgan fingerprint density at radius 3 is 2.43 bits per heavy atom. The molecule has 1 rings (SSSR count). The molecule has 1 fully saturated rings. The zero-order valence-corrected chi connectivity index (χ0v) is 14.2. The van der Waals surface area contributed by atoms with Crippen LogP contribution in [0.4, 0.5) is 0 Å². The maximum Gasteiger partial charge on any atom is 0.365 e. The van der Waals surface area contributed by atoms with Crippen LogP contribution in [0.5, 0.6) is 0 Å². The first kappa shape index (κ1) is 20.6. The first-order valence-corrected chi connectivity index (χ1v) is 7.86. The number of carbonyl (C=O) groups is 1. The number of ether oxygens (including phenoxy) is 3. The van der Waals surface area contributed by atoms with Crippen molar-refractivity contribution in [2.45, 2.75) is 77.2 Å². The molecule has 0 unspecified atom stereocenters. The number of hydrogen-bond donors (Lipinski definition) is 1. The standard InChI is InChI=1S/C15H29NO4.ClH/c1-4-9-18-13-8-6-7-12(16)15(17)20-11(3)14(13)19-10-5-2;/h11-14H,4-10,16H2,1-3H3;1H/t11-,12-,13-,14-;/m0./s1. The number of quaternary nitrogens is 1. The van der Waals surface area contributed by atoms with Crippen LogP contribution < -0.4 is 18.1 Å². The van der Waals surface area contributed by atoms with Gasteiger partial charge in [-0.15, -0.1) is 0 Å². The molecule has 1 heterocycles. The van der Waals surface area contributed by atoms with Crippen LogP contribution >= 0.6 is 0 Å². The van der Waals surface area contributed by atoms with Gasteiger partial charge in [-0.3, -0.25) is 0 Å². The van der Waals surface area contributed by atoms with Crippen molar-refractivity contribution < 1.29 is 37.1 Å². The average molecular weight is 324 g/mol. The molecule has 0 bridgehead atoms. The van der Waals surface area contributed by atoms with Crippen molar-refractivity contribution in [1.29, 1.82) is 0 Å². The molecule has 0 aliphatic carbocycles. The van der Waals surface area contributed by atoms with Crippen molar-refractivity contribution in [1.82, 2.24) is 0 Å². The topological polar surface area (TPSA) is 72.4 Å². The number of halogens is 1. The van der Waals surface area contributed by atoms with Crippen molar-refractivity contribution in [2.24, 2.45) is 0 Å². The molecule has 126 valence electrons. The Bertz CT molecular complexity index is 291. The van der Waals surface area contributed by atoms with Gasteiger partial charge in [0, 0.05) is 19.6 Å². The Morgan fingerprint density at radius 2 is 1.81 bits per heavy atom. The lowest BCUT2D eigenvalue weighted by Gasteiger charge is -2.30. The van der Waals surface area contributed by atoms with Crippen LogP contribution in [0.15, 0.2) is 0 Å². The van der Waals surface area contributed by atoms with Gasteiger partial charge in [0.25, 0.3) is 0 Å². The molecule has 1 aliphatic rings. The molecule has 3 N–H and O–H groups in total. The van der Waals surface area contributed by atoms with Gasteiger partial charge >= 0.3 is 5.97 Å². The van der Waals surface area contributed by atoms with Crippen molar-refractivity contribution in [3.05, 3.63) is 0 Å². The van der Waals surface area contributed by atoms with E-state index in [1.165, 1.54) is 0 Å². The van der Waals surface area contributed by atoms with Crippen LogP contribution in [0.3, 0.4) is 0 Å². The predicted octanol–water partition coefficient (Wildman–Crippen LogP) is -1.69. The smallest absolute Gasteiger partial charge is 0.365 e. The normalized spacial score (nSPS) is 30.6. The summed E-state index contributed by atoms with van der Waals surface area (Å²) in [7, 11) is 0. The third-order valence-electron chi connectivity index (χ3n) is 3.56. The first-order valence-electron chi connectivity index (χ1n) is 7.86. The molecule has 21 heavy (non-hydrogen) atoms. The van der Waals surface area contributed by atoms with Crippen LogP contribution in [0.1, 0.15) is 52.9 Å². The molecular formula is C15H30ClNO4. The maximum absolute atomic E-state index is 11.9. The van der Waals surface area contributed by atoms with Gasteiger partial charge in [-0.25, -0.2) is 4.79 Å². The largest absolute Gasteiger partial charge is 1.00 e. The Kier molecular flexibility index (Phi) is 11.0. The summed E-state index contributed by atoms with van der Waals surface area (Å²) < 4.78 is 17.3. The quantitative estimate of drug-likeness (QED) is 0.592. The van der Waals surface area contributed by atoms with Crippen LogP contribution in [0.25, 0.3) is 0 Å². The molecule has 0 aromatic rings. The van der Waals surface area contributed by atoms with E-state index in [1.807, 2.05) is 6.92 Å². The Labute approximate surface area is 134 Å². The van der Waals surface area contributed by atoms with E-state index in [9.17, 15) is 4.79 Å². The van der Waals surface area contributed by atoms with E-state index in [1.54, 1.807) is 0 Å². The van der Waals surface area contributed by atoms with Crippen LogP contribution in [-0.4, -0.2) is 43.5 Å². The third kappa shape index (κ3) is 6.96.